The van der Waals surface area contributed by atoms with Gasteiger partial charge in [-0.15, -0.1) is 23.2 Å². The minimum Gasteiger partial charge on any atom is -0.369 e. The lowest BCUT2D eigenvalue weighted by molar-refractivity contribution is -0.117. The molecule has 1 unspecified atom stereocenters. The molecule has 0 aliphatic carbocycles. The molecule has 3 rings (SSSR count). The quantitative estimate of drug-likeness (QED) is 0.446. The molecule has 1 N–H and O–H groups in total. The number of anilines is 2. The normalized spacial score (nSPS) is 12.0. The van der Waals surface area contributed by atoms with Gasteiger partial charge in [0, 0.05) is 42.1 Å². The molecule has 0 bridgehead atoms. The predicted octanol–water partition coefficient (Wildman–Crippen LogP) is 5.65. The average molecular weight is 430 g/mol. The van der Waals surface area contributed by atoms with Crippen molar-refractivity contribution >= 4 is 51.4 Å². The van der Waals surface area contributed by atoms with Crippen LogP contribution in [0.15, 0.2) is 60.8 Å². The number of pyridine rings is 1. The summed E-state index contributed by atoms with van der Waals surface area (Å²) >= 11 is 11.8. The lowest BCUT2D eigenvalue weighted by Gasteiger charge is -2.24. The van der Waals surface area contributed by atoms with Crippen molar-refractivity contribution in [2.24, 2.45) is 0 Å². The van der Waals surface area contributed by atoms with Crippen molar-refractivity contribution < 1.29 is 4.79 Å². The zero-order chi connectivity index (χ0) is 20.6. The zero-order valence-corrected chi connectivity index (χ0v) is 18.0. The lowest BCUT2D eigenvalue weighted by atomic mass is 9.95. The monoisotopic (exact) mass is 429 g/mol. The number of amides is 1. The minimum absolute atomic E-state index is 0.0308. The molecule has 29 heavy (non-hydrogen) atoms. The summed E-state index contributed by atoms with van der Waals surface area (Å²) in [5, 5.41) is 4.07. The van der Waals surface area contributed by atoms with Gasteiger partial charge in [-0.2, -0.15) is 0 Å². The summed E-state index contributed by atoms with van der Waals surface area (Å²) in [7, 11) is 0. The third kappa shape index (κ3) is 5.20. The van der Waals surface area contributed by atoms with Crippen molar-refractivity contribution in [3.8, 4) is 0 Å². The maximum atomic E-state index is 13.0. The first-order chi connectivity index (χ1) is 14.2. The first-order valence-corrected chi connectivity index (χ1v) is 10.9. The van der Waals surface area contributed by atoms with Gasteiger partial charge >= 0.3 is 0 Å². The van der Waals surface area contributed by atoms with Gasteiger partial charge in [-0.3, -0.25) is 9.78 Å². The highest BCUT2D eigenvalue weighted by atomic mass is 35.5. The molecule has 0 aliphatic heterocycles. The Morgan fingerprint density at radius 3 is 2.38 bits per heavy atom. The van der Waals surface area contributed by atoms with E-state index in [0.29, 0.717) is 18.2 Å². The largest absolute Gasteiger partial charge is 0.369 e. The second kappa shape index (κ2) is 10.5. The highest BCUT2D eigenvalue weighted by molar-refractivity contribution is 6.18. The Kier molecular flexibility index (Phi) is 7.73. The van der Waals surface area contributed by atoms with Crippen LogP contribution in [-0.2, 0) is 4.79 Å². The number of nitrogens with one attached hydrogen (secondary N) is 1. The van der Waals surface area contributed by atoms with Gasteiger partial charge in [0.1, 0.15) is 0 Å². The van der Waals surface area contributed by atoms with E-state index in [1.165, 1.54) is 0 Å². The second-order valence-electron chi connectivity index (χ2n) is 6.79. The topological polar surface area (TPSA) is 45.2 Å². The molecule has 1 heterocycles. The third-order valence-corrected chi connectivity index (χ3v) is 5.32. The number of para-hydroxylation sites is 1. The van der Waals surface area contributed by atoms with Crippen LogP contribution in [0.4, 0.5) is 11.4 Å². The van der Waals surface area contributed by atoms with Gasteiger partial charge in [0.2, 0.25) is 5.91 Å². The van der Waals surface area contributed by atoms with E-state index >= 15 is 0 Å². The SMILES string of the molecule is CCC(C(=O)Nc1cccc2cccnc12)c1ccc(N(CCCl)CCCl)cc1. The fourth-order valence-electron chi connectivity index (χ4n) is 3.49. The van der Waals surface area contributed by atoms with Gasteiger partial charge in [0.15, 0.2) is 0 Å². The van der Waals surface area contributed by atoms with Gasteiger partial charge in [-0.05, 0) is 36.2 Å². The van der Waals surface area contributed by atoms with Crippen LogP contribution in [0.2, 0.25) is 0 Å². The number of alkyl halides is 2. The summed E-state index contributed by atoms with van der Waals surface area (Å²) in [6.07, 6.45) is 2.44. The standard InChI is InChI=1S/C23H25Cl2N3O/c1-2-20(17-8-10-19(11-9-17)28(15-12-24)16-13-25)23(29)27-21-7-3-5-18-6-4-14-26-22(18)21/h3-11,14,20H,2,12-13,15-16H2,1H3,(H,27,29). The first kappa shape index (κ1) is 21.4. The van der Waals surface area contributed by atoms with Crippen LogP contribution in [0, 0.1) is 0 Å². The summed E-state index contributed by atoms with van der Waals surface area (Å²) in [4.78, 5) is 19.6. The maximum Gasteiger partial charge on any atom is 0.231 e. The Morgan fingerprint density at radius 2 is 1.72 bits per heavy atom. The molecule has 1 atom stereocenters. The van der Waals surface area contributed by atoms with E-state index in [4.69, 9.17) is 23.2 Å². The molecule has 0 saturated carbocycles. The van der Waals surface area contributed by atoms with Crippen LogP contribution in [-0.4, -0.2) is 35.7 Å². The summed E-state index contributed by atoms with van der Waals surface area (Å²) < 4.78 is 0. The molecule has 2 aromatic carbocycles. The molecule has 0 radical (unpaired) electrons. The minimum atomic E-state index is -0.238. The number of halogens is 2. The molecule has 0 aliphatic rings. The van der Waals surface area contributed by atoms with Crippen molar-refractivity contribution in [1.29, 1.82) is 0 Å². The van der Waals surface area contributed by atoms with Crippen molar-refractivity contribution in [2.45, 2.75) is 19.3 Å². The number of aromatic nitrogens is 1. The van der Waals surface area contributed by atoms with Crippen molar-refractivity contribution in [2.75, 3.05) is 35.1 Å². The first-order valence-electron chi connectivity index (χ1n) is 9.79. The number of rotatable bonds is 9. The molecule has 3 aromatic rings. The Labute approximate surface area is 181 Å². The third-order valence-electron chi connectivity index (χ3n) is 4.98. The number of carbonyl (C=O) groups excluding carboxylic acids is 1. The molecule has 0 spiro atoms. The fourth-order valence-corrected chi connectivity index (χ4v) is 3.90. The van der Waals surface area contributed by atoms with Gasteiger partial charge in [-0.1, -0.05) is 37.3 Å². The highest BCUT2D eigenvalue weighted by Gasteiger charge is 2.20. The van der Waals surface area contributed by atoms with E-state index in [0.717, 1.165) is 40.9 Å². The van der Waals surface area contributed by atoms with Crippen LogP contribution in [0.3, 0.4) is 0 Å². The molecule has 1 aromatic heterocycles. The highest BCUT2D eigenvalue weighted by Crippen LogP contribution is 2.27. The molecular weight excluding hydrogens is 405 g/mol. The Bertz CT molecular complexity index is 935. The molecule has 4 nitrogen and oxygen atoms in total. The van der Waals surface area contributed by atoms with E-state index in [2.05, 4.69) is 15.2 Å². The summed E-state index contributed by atoms with van der Waals surface area (Å²) in [5.41, 5.74) is 3.58. The Balaban J connectivity index is 1.78. The zero-order valence-electron chi connectivity index (χ0n) is 16.4. The Morgan fingerprint density at radius 1 is 1.03 bits per heavy atom. The molecule has 0 saturated heterocycles. The molecule has 1 amide bonds. The fraction of sp³-hybridized carbons (Fsp3) is 0.304. The predicted molar refractivity (Wildman–Crippen MR) is 123 cm³/mol. The van der Waals surface area contributed by atoms with Crippen LogP contribution >= 0.6 is 23.2 Å². The summed E-state index contributed by atoms with van der Waals surface area (Å²) in [6, 6.07) is 17.8. The van der Waals surface area contributed by atoms with Crippen molar-refractivity contribution in [1.82, 2.24) is 4.98 Å². The van der Waals surface area contributed by atoms with E-state index in [1.807, 2.05) is 61.5 Å². The molecular formula is C23H25Cl2N3O. The number of fused-ring (bicyclic) bond motifs is 1. The van der Waals surface area contributed by atoms with Crippen LogP contribution in [0.5, 0.6) is 0 Å². The van der Waals surface area contributed by atoms with Crippen LogP contribution in [0.25, 0.3) is 10.9 Å². The van der Waals surface area contributed by atoms with E-state index in [-0.39, 0.29) is 11.8 Å². The number of hydrogen-bond donors (Lipinski definition) is 1. The average Bonchev–Trinajstić information content (AvgIpc) is 2.75. The molecule has 6 heteroatoms. The van der Waals surface area contributed by atoms with E-state index < -0.39 is 0 Å². The smallest absolute Gasteiger partial charge is 0.231 e. The van der Waals surface area contributed by atoms with Crippen LogP contribution < -0.4 is 10.2 Å². The Hall–Kier alpha value is -2.30. The van der Waals surface area contributed by atoms with Crippen LogP contribution in [0.1, 0.15) is 24.8 Å². The summed E-state index contributed by atoms with van der Waals surface area (Å²) in [6.45, 7) is 3.49. The number of carbonyl (C=O) groups is 1. The van der Waals surface area contributed by atoms with Gasteiger partial charge < -0.3 is 10.2 Å². The summed E-state index contributed by atoms with van der Waals surface area (Å²) in [5.74, 6) is 0.810. The number of hydrogen-bond acceptors (Lipinski definition) is 3. The molecule has 152 valence electrons. The van der Waals surface area contributed by atoms with Crippen molar-refractivity contribution in [3.05, 3.63) is 66.4 Å². The maximum absolute atomic E-state index is 13.0. The lowest BCUT2D eigenvalue weighted by Crippen LogP contribution is -2.27. The number of benzene rings is 2. The number of nitrogens with zero attached hydrogens (tertiary/aromatic N) is 2. The van der Waals surface area contributed by atoms with Gasteiger partial charge in [-0.25, -0.2) is 0 Å². The van der Waals surface area contributed by atoms with Gasteiger partial charge in [0.05, 0.1) is 17.1 Å². The van der Waals surface area contributed by atoms with E-state index in [9.17, 15) is 4.79 Å². The second-order valence-corrected chi connectivity index (χ2v) is 7.54. The van der Waals surface area contributed by atoms with E-state index in [1.54, 1.807) is 6.20 Å². The molecule has 0 fully saturated rings. The van der Waals surface area contributed by atoms with Gasteiger partial charge in [0.25, 0.3) is 0 Å². The van der Waals surface area contributed by atoms with Crippen molar-refractivity contribution in [3.63, 3.8) is 0 Å².